The summed E-state index contributed by atoms with van der Waals surface area (Å²) in [5, 5.41) is 4.43. The van der Waals surface area contributed by atoms with Crippen LogP contribution in [0.15, 0.2) is 36.9 Å². The number of fused-ring (bicyclic) bond motifs is 1. The normalized spacial score (nSPS) is 10.8. The van der Waals surface area contributed by atoms with Crippen LogP contribution < -0.4 is 4.74 Å². The van der Waals surface area contributed by atoms with Crippen LogP contribution in [0.25, 0.3) is 16.6 Å². The van der Waals surface area contributed by atoms with E-state index < -0.39 is 0 Å². The second-order valence-corrected chi connectivity index (χ2v) is 4.03. The van der Waals surface area contributed by atoms with E-state index >= 15 is 0 Å². The fourth-order valence-corrected chi connectivity index (χ4v) is 1.90. The monoisotopic (exact) mass is 260 g/mol. The molecule has 0 aliphatic rings. The molecule has 0 bridgehead atoms. The van der Waals surface area contributed by atoms with Crippen LogP contribution in [-0.2, 0) is 0 Å². The van der Waals surface area contributed by atoms with Crippen LogP contribution in [0.2, 0.25) is 5.28 Å². The van der Waals surface area contributed by atoms with Crippen molar-refractivity contribution in [3.63, 3.8) is 0 Å². The number of methoxy groups -OCH3 is 1. The van der Waals surface area contributed by atoms with Gasteiger partial charge in [-0.25, -0.2) is 14.5 Å². The molecule has 3 heterocycles. The molecule has 0 spiro atoms. The SMILES string of the molecule is COc1cc(-c2cnc(Cl)nc2)c2ccnn2c1. The molecule has 3 aromatic rings. The van der Waals surface area contributed by atoms with Gasteiger partial charge in [0.25, 0.3) is 0 Å². The van der Waals surface area contributed by atoms with Crippen molar-refractivity contribution in [2.24, 2.45) is 0 Å². The first-order valence-electron chi connectivity index (χ1n) is 5.27. The molecule has 18 heavy (non-hydrogen) atoms. The summed E-state index contributed by atoms with van der Waals surface area (Å²) in [6.07, 6.45) is 6.90. The van der Waals surface area contributed by atoms with Gasteiger partial charge in [0, 0.05) is 23.5 Å². The highest BCUT2D eigenvalue weighted by molar-refractivity contribution is 6.28. The third-order valence-electron chi connectivity index (χ3n) is 2.65. The molecule has 0 radical (unpaired) electrons. The van der Waals surface area contributed by atoms with E-state index in [1.54, 1.807) is 30.2 Å². The van der Waals surface area contributed by atoms with Crippen molar-refractivity contribution in [3.05, 3.63) is 42.2 Å². The largest absolute Gasteiger partial charge is 0.495 e. The van der Waals surface area contributed by atoms with Gasteiger partial charge in [-0.05, 0) is 23.7 Å². The highest BCUT2D eigenvalue weighted by Gasteiger charge is 2.08. The molecule has 0 aromatic carbocycles. The Hall–Kier alpha value is -2.14. The Morgan fingerprint density at radius 1 is 1.28 bits per heavy atom. The predicted molar refractivity (Wildman–Crippen MR) is 67.8 cm³/mol. The average molecular weight is 261 g/mol. The van der Waals surface area contributed by atoms with Gasteiger partial charge in [0.15, 0.2) is 0 Å². The fourth-order valence-electron chi connectivity index (χ4n) is 1.80. The van der Waals surface area contributed by atoms with Gasteiger partial charge < -0.3 is 4.74 Å². The zero-order chi connectivity index (χ0) is 12.5. The van der Waals surface area contributed by atoms with Crippen LogP contribution in [0.4, 0.5) is 0 Å². The summed E-state index contributed by atoms with van der Waals surface area (Å²) in [6, 6.07) is 3.84. The topological polar surface area (TPSA) is 52.3 Å². The number of nitrogens with zero attached hydrogens (tertiary/aromatic N) is 4. The molecule has 0 aliphatic carbocycles. The molecular weight excluding hydrogens is 252 g/mol. The van der Waals surface area contributed by atoms with Gasteiger partial charge in [-0.2, -0.15) is 5.10 Å². The van der Waals surface area contributed by atoms with Gasteiger partial charge in [0.1, 0.15) is 5.75 Å². The molecule has 0 atom stereocenters. The number of aromatic nitrogens is 4. The zero-order valence-electron chi connectivity index (χ0n) is 9.54. The number of halogens is 1. The maximum Gasteiger partial charge on any atom is 0.222 e. The molecule has 3 rings (SSSR count). The van der Waals surface area contributed by atoms with Gasteiger partial charge in [-0.15, -0.1) is 0 Å². The summed E-state index contributed by atoms with van der Waals surface area (Å²) < 4.78 is 7.00. The molecule has 0 N–H and O–H groups in total. The van der Waals surface area contributed by atoms with E-state index in [0.29, 0.717) is 0 Å². The standard InChI is InChI=1S/C12H9ClN4O/c1-18-9-4-10(8-5-14-12(13)15-6-8)11-2-3-16-17(11)7-9/h2-7H,1H3. The minimum Gasteiger partial charge on any atom is -0.495 e. The first-order chi connectivity index (χ1) is 8.78. The summed E-state index contributed by atoms with van der Waals surface area (Å²) in [5.41, 5.74) is 2.77. The molecule has 0 saturated carbocycles. The van der Waals surface area contributed by atoms with Crippen LogP contribution in [0.1, 0.15) is 0 Å². The predicted octanol–water partition coefficient (Wildman–Crippen LogP) is 2.45. The van der Waals surface area contributed by atoms with E-state index in [-0.39, 0.29) is 5.28 Å². The Balaban J connectivity index is 2.26. The minimum absolute atomic E-state index is 0.228. The summed E-state index contributed by atoms with van der Waals surface area (Å²) in [4.78, 5) is 7.97. The Bertz CT molecular complexity index is 693. The lowest BCUT2D eigenvalue weighted by molar-refractivity contribution is 0.412. The Morgan fingerprint density at radius 2 is 2.06 bits per heavy atom. The van der Waals surface area contributed by atoms with Gasteiger partial charge in [-0.1, -0.05) is 0 Å². The van der Waals surface area contributed by atoms with Crippen molar-refractivity contribution in [1.29, 1.82) is 0 Å². The highest BCUT2D eigenvalue weighted by atomic mass is 35.5. The van der Waals surface area contributed by atoms with E-state index in [2.05, 4.69) is 15.1 Å². The molecule has 0 saturated heterocycles. The van der Waals surface area contributed by atoms with Crippen molar-refractivity contribution in [1.82, 2.24) is 19.6 Å². The summed E-state index contributed by atoms with van der Waals surface area (Å²) >= 11 is 5.69. The fraction of sp³-hybridized carbons (Fsp3) is 0.0833. The van der Waals surface area contributed by atoms with Gasteiger partial charge >= 0.3 is 0 Å². The Morgan fingerprint density at radius 3 is 2.78 bits per heavy atom. The molecule has 0 amide bonds. The van der Waals surface area contributed by atoms with Crippen LogP contribution >= 0.6 is 11.6 Å². The van der Waals surface area contributed by atoms with Crippen LogP contribution in [0.3, 0.4) is 0 Å². The van der Waals surface area contributed by atoms with Crippen LogP contribution in [-0.4, -0.2) is 26.7 Å². The minimum atomic E-state index is 0.228. The van der Waals surface area contributed by atoms with Crippen LogP contribution in [0.5, 0.6) is 5.75 Å². The van der Waals surface area contributed by atoms with Gasteiger partial charge in [-0.3, -0.25) is 0 Å². The molecule has 6 heteroatoms. The number of hydrogen-bond donors (Lipinski definition) is 0. The van der Waals surface area contributed by atoms with Crippen molar-refractivity contribution < 1.29 is 4.74 Å². The zero-order valence-corrected chi connectivity index (χ0v) is 10.3. The van der Waals surface area contributed by atoms with E-state index in [1.165, 1.54) is 0 Å². The second-order valence-electron chi connectivity index (χ2n) is 3.70. The lowest BCUT2D eigenvalue weighted by atomic mass is 10.1. The van der Waals surface area contributed by atoms with E-state index in [4.69, 9.17) is 16.3 Å². The molecule has 90 valence electrons. The molecule has 0 aliphatic heterocycles. The maximum atomic E-state index is 5.69. The van der Waals surface area contributed by atoms with E-state index in [9.17, 15) is 0 Å². The maximum absolute atomic E-state index is 5.69. The smallest absolute Gasteiger partial charge is 0.222 e. The summed E-state index contributed by atoms with van der Waals surface area (Å²) in [5.74, 6) is 0.719. The summed E-state index contributed by atoms with van der Waals surface area (Å²) in [6.45, 7) is 0. The Kier molecular flexibility index (Phi) is 2.60. The highest BCUT2D eigenvalue weighted by Crippen LogP contribution is 2.27. The van der Waals surface area contributed by atoms with Crippen molar-refractivity contribution in [2.45, 2.75) is 0 Å². The first kappa shape index (κ1) is 11.0. The second kappa shape index (κ2) is 4.27. The quantitative estimate of drug-likeness (QED) is 0.664. The number of pyridine rings is 1. The van der Waals surface area contributed by atoms with Crippen LogP contribution in [0, 0.1) is 0 Å². The number of ether oxygens (including phenoxy) is 1. The Labute approximate surface area is 108 Å². The van der Waals surface area contributed by atoms with Crippen molar-refractivity contribution in [2.75, 3.05) is 7.11 Å². The third-order valence-corrected chi connectivity index (χ3v) is 2.84. The van der Waals surface area contributed by atoms with E-state index in [1.807, 2.05) is 18.3 Å². The molecule has 5 nitrogen and oxygen atoms in total. The molecule has 3 aromatic heterocycles. The van der Waals surface area contributed by atoms with E-state index in [0.717, 1.165) is 22.4 Å². The third kappa shape index (κ3) is 1.78. The lowest BCUT2D eigenvalue weighted by Crippen LogP contribution is -1.94. The number of rotatable bonds is 2. The summed E-state index contributed by atoms with van der Waals surface area (Å²) in [7, 11) is 1.62. The van der Waals surface area contributed by atoms with Crippen molar-refractivity contribution >= 4 is 17.1 Å². The van der Waals surface area contributed by atoms with Crippen molar-refractivity contribution in [3.8, 4) is 16.9 Å². The molecule has 0 fully saturated rings. The van der Waals surface area contributed by atoms with Gasteiger partial charge in [0.2, 0.25) is 5.28 Å². The number of hydrogen-bond acceptors (Lipinski definition) is 4. The molecular formula is C12H9ClN4O. The van der Waals surface area contributed by atoms with Gasteiger partial charge in [0.05, 0.1) is 25.0 Å². The lowest BCUT2D eigenvalue weighted by Gasteiger charge is -2.07. The average Bonchev–Trinajstić information content (AvgIpc) is 2.86. The first-order valence-corrected chi connectivity index (χ1v) is 5.65. The molecule has 0 unspecified atom stereocenters.